The zero-order valence-corrected chi connectivity index (χ0v) is 14.6. The highest BCUT2D eigenvalue weighted by molar-refractivity contribution is 5.49. The van der Waals surface area contributed by atoms with Crippen LogP contribution in [0.5, 0.6) is 5.75 Å². The molecule has 3 rings (SSSR count). The Hall–Kier alpha value is -2.76. The summed E-state index contributed by atoms with van der Waals surface area (Å²) in [5.41, 5.74) is 5.31. The SMILES string of the molecule is Cc1cc(CN(Cc2cc(C)n(C)n2)c2ccc(O)cc2)nn1C. The Morgan fingerprint density at radius 1 is 0.875 bits per heavy atom. The molecule has 2 aromatic heterocycles. The lowest BCUT2D eigenvalue weighted by atomic mass is 10.2. The molecule has 0 aliphatic rings. The van der Waals surface area contributed by atoms with Gasteiger partial charge in [0.1, 0.15) is 5.75 Å². The molecule has 0 aliphatic carbocycles. The minimum absolute atomic E-state index is 0.265. The lowest BCUT2D eigenvalue weighted by molar-refractivity contribution is 0.475. The molecule has 1 N–H and O–H groups in total. The number of hydrogen-bond donors (Lipinski definition) is 1. The van der Waals surface area contributed by atoms with Crippen LogP contribution in [0.2, 0.25) is 0 Å². The Morgan fingerprint density at radius 2 is 1.33 bits per heavy atom. The third-order valence-electron chi connectivity index (χ3n) is 4.25. The Morgan fingerprint density at radius 3 is 1.71 bits per heavy atom. The topological polar surface area (TPSA) is 59.1 Å². The molecule has 0 fully saturated rings. The lowest BCUT2D eigenvalue weighted by Gasteiger charge is -2.23. The van der Waals surface area contributed by atoms with Crippen molar-refractivity contribution in [1.82, 2.24) is 19.6 Å². The van der Waals surface area contributed by atoms with Gasteiger partial charge < -0.3 is 10.0 Å². The van der Waals surface area contributed by atoms with Crippen molar-refractivity contribution in [3.8, 4) is 5.75 Å². The molecule has 0 unspecified atom stereocenters. The summed E-state index contributed by atoms with van der Waals surface area (Å²) in [4.78, 5) is 2.21. The Balaban J connectivity index is 1.88. The van der Waals surface area contributed by atoms with Crippen LogP contribution >= 0.6 is 0 Å². The minimum Gasteiger partial charge on any atom is -0.508 e. The number of benzene rings is 1. The van der Waals surface area contributed by atoms with Crippen molar-refractivity contribution in [1.29, 1.82) is 0 Å². The predicted molar refractivity (Wildman–Crippen MR) is 93.9 cm³/mol. The highest BCUT2D eigenvalue weighted by atomic mass is 16.3. The van der Waals surface area contributed by atoms with Crippen LogP contribution in [0.4, 0.5) is 5.69 Å². The molecule has 6 heteroatoms. The maximum atomic E-state index is 9.55. The first-order valence-electron chi connectivity index (χ1n) is 7.95. The van der Waals surface area contributed by atoms with E-state index in [0.717, 1.165) is 28.5 Å². The molecular formula is C18H23N5O. The van der Waals surface area contributed by atoms with Gasteiger partial charge in [0, 0.05) is 31.2 Å². The Bertz CT molecular complexity index is 744. The molecule has 1 aromatic carbocycles. The molecule has 0 radical (unpaired) electrons. The van der Waals surface area contributed by atoms with E-state index in [4.69, 9.17) is 0 Å². The number of rotatable bonds is 5. The normalized spacial score (nSPS) is 11.0. The third-order valence-corrected chi connectivity index (χ3v) is 4.25. The van der Waals surface area contributed by atoms with Gasteiger partial charge in [-0.05, 0) is 50.2 Å². The molecule has 0 atom stereocenters. The minimum atomic E-state index is 0.265. The van der Waals surface area contributed by atoms with E-state index in [1.807, 2.05) is 49.4 Å². The summed E-state index contributed by atoms with van der Waals surface area (Å²) in [5, 5.41) is 18.7. The van der Waals surface area contributed by atoms with Gasteiger partial charge in [-0.3, -0.25) is 9.36 Å². The maximum absolute atomic E-state index is 9.55. The molecule has 24 heavy (non-hydrogen) atoms. The standard InChI is InChI=1S/C18H23N5O/c1-13-9-15(19-21(13)3)11-23(17-5-7-18(24)8-6-17)12-16-10-14(2)22(4)20-16/h5-10,24H,11-12H2,1-4H3. The zero-order valence-electron chi connectivity index (χ0n) is 14.6. The Labute approximate surface area is 142 Å². The Kier molecular flexibility index (Phi) is 4.29. The van der Waals surface area contributed by atoms with Gasteiger partial charge in [0.05, 0.1) is 24.5 Å². The molecule has 0 bridgehead atoms. The van der Waals surface area contributed by atoms with Gasteiger partial charge in [-0.2, -0.15) is 10.2 Å². The second-order valence-corrected chi connectivity index (χ2v) is 6.17. The number of nitrogens with zero attached hydrogens (tertiary/aromatic N) is 5. The van der Waals surface area contributed by atoms with Crippen molar-refractivity contribution in [3.63, 3.8) is 0 Å². The molecule has 0 saturated carbocycles. The van der Waals surface area contributed by atoms with Gasteiger partial charge in [0.2, 0.25) is 0 Å². The molecule has 0 amide bonds. The number of aromatic nitrogens is 4. The van der Waals surface area contributed by atoms with Gasteiger partial charge in [0.25, 0.3) is 0 Å². The number of phenolic OH excluding ortho intramolecular Hbond substituents is 1. The number of aromatic hydroxyl groups is 1. The van der Waals surface area contributed by atoms with Crippen molar-refractivity contribution in [2.75, 3.05) is 4.90 Å². The number of anilines is 1. The molecule has 2 heterocycles. The van der Waals surface area contributed by atoms with E-state index in [9.17, 15) is 5.11 Å². The fourth-order valence-electron chi connectivity index (χ4n) is 2.72. The first kappa shape index (κ1) is 16.1. The highest BCUT2D eigenvalue weighted by Gasteiger charge is 2.13. The summed E-state index contributed by atoms with van der Waals surface area (Å²) < 4.78 is 3.77. The van der Waals surface area contributed by atoms with E-state index in [1.165, 1.54) is 0 Å². The van der Waals surface area contributed by atoms with Crippen molar-refractivity contribution >= 4 is 5.69 Å². The van der Waals surface area contributed by atoms with Crippen LogP contribution in [0, 0.1) is 13.8 Å². The first-order chi connectivity index (χ1) is 11.4. The van der Waals surface area contributed by atoms with Gasteiger partial charge in [-0.15, -0.1) is 0 Å². The van der Waals surface area contributed by atoms with Crippen LogP contribution in [0.25, 0.3) is 0 Å². The summed E-state index contributed by atoms with van der Waals surface area (Å²) in [6.45, 7) is 5.46. The first-order valence-corrected chi connectivity index (χ1v) is 7.95. The molecule has 126 valence electrons. The van der Waals surface area contributed by atoms with Crippen LogP contribution < -0.4 is 4.90 Å². The molecular weight excluding hydrogens is 302 g/mol. The second-order valence-electron chi connectivity index (χ2n) is 6.17. The molecule has 6 nitrogen and oxygen atoms in total. The largest absolute Gasteiger partial charge is 0.508 e. The van der Waals surface area contributed by atoms with Crippen LogP contribution in [0.3, 0.4) is 0 Å². The quantitative estimate of drug-likeness (QED) is 0.783. The zero-order chi connectivity index (χ0) is 17.3. The van der Waals surface area contributed by atoms with E-state index in [-0.39, 0.29) is 5.75 Å². The van der Waals surface area contributed by atoms with E-state index in [2.05, 4.69) is 27.2 Å². The van der Waals surface area contributed by atoms with Crippen molar-refractivity contribution in [2.45, 2.75) is 26.9 Å². The summed E-state index contributed by atoms with van der Waals surface area (Å²) >= 11 is 0. The summed E-state index contributed by atoms with van der Waals surface area (Å²) in [6.07, 6.45) is 0. The maximum Gasteiger partial charge on any atom is 0.115 e. The van der Waals surface area contributed by atoms with Gasteiger partial charge in [-0.25, -0.2) is 0 Å². The summed E-state index contributed by atoms with van der Waals surface area (Å²) in [6, 6.07) is 11.4. The van der Waals surface area contributed by atoms with Crippen LogP contribution in [-0.2, 0) is 27.2 Å². The number of phenols is 1. The van der Waals surface area contributed by atoms with Crippen LogP contribution in [0.1, 0.15) is 22.8 Å². The average molecular weight is 325 g/mol. The third kappa shape index (κ3) is 3.42. The highest BCUT2D eigenvalue weighted by Crippen LogP contribution is 2.22. The van der Waals surface area contributed by atoms with Crippen molar-refractivity contribution < 1.29 is 5.11 Å². The van der Waals surface area contributed by atoms with Gasteiger partial charge in [-0.1, -0.05) is 0 Å². The molecule has 3 aromatic rings. The van der Waals surface area contributed by atoms with E-state index < -0.39 is 0 Å². The van der Waals surface area contributed by atoms with E-state index in [1.54, 1.807) is 12.1 Å². The van der Waals surface area contributed by atoms with Gasteiger partial charge >= 0.3 is 0 Å². The summed E-state index contributed by atoms with van der Waals surface area (Å²) in [5.74, 6) is 0.265. The predicted octanol–water partition coefficient (Wildman–Crippen LogP) is 2.68. The lowest BCUT2D eigenvalue weighted by Crippen LogP contribution is -2.22. The van der Waals surface area contributed by atoms with Crippen LogP contribution in [-0.4, -0.2) is 24.7 Å². The fourth-order valence-corrected chi connectivity index (χ4v) is 2.72. The van der Waals surface area contributed by atoms with Crippen molar-refractivity contribution in [3.05, 3.63) is 59.2 Å². The molecule has 0 saturated heterocycles. The summed E-state index contributed by atoms with van der Waals surface area (Å²) in [7, 11) is 3.90. The smallest absolute Gasteiger partial charge is 0.115 e. The molecule has 0 spiro atoms. The molecule has 0 aliphatic heterocycles. The van der Waals surface area contributed by atoms with Crippen molar-refractivity contribution in [2.24, 2.45) is 14.1 Å². The number of hydrogen-bond acceptors (Lipinski definition) is 4. The van der Waals surface area contributed by atoms with Crippen LogP contribution in [0.15, 0.2) is 36.4 Å². The second kappa shape index (κ2) is 6.39. The number of aryl methyl sites for hydroxylation is 4. The van der Waals surface area contributed by atoms with E-state index in [0.29, 0.717) is 13.1 Å². The van der Waals surface area contributed by atoms with E-state index >= 15 is 0 Å². The average Bonchev–Trinajstić information content (AvgIpc) is 3.01. The van der Waals surface area contributed by atoms with Gasteiger partial charge in [0.15, 0.2) is 0 Å². The monoisotopic (exact) mass is 325 g/mol. The fraction of sp³-hybridized carbons (Fsp3) is 0.333.